The first-order chi connectivity index (χ1) is 13.3. The van der Waals surface area contributed by atoms with Crippen LogP contribution in [0.15, 0.2) is 83.9 Å². The normalized spacial score (nSPS) is 18.1. The summed E-state index contributed by atoms with van der Waals surface area (Å²) in [6.07, 6.45) is 0. The highest BCUT2D eigenvalue weighted by Crippen LogP contribution is 2.43. The molecule has 0 saturated carbocycles. The summed E-state index contributed by atoms with van der Waals surface area (Å²) in [5, 5.41) is 0.755. The number of nitrogens with zero attached hydrogens (tertiary/aromatic N) is 3. The second kappa shape index (κ2) is 6.75. The number of guanidine groups is 1. The molecule has 2 aliphatic heterocycles. The van der Waals surface area contributed by atoms with Crippen molar-refractivity contribution in [1.29, 1.82) is 0 Å². The van der Waals surface area contributed by atoms with Crippen LogP contribution in [0, 0.1) is 0 Å². The van der Waals surface area contributed by atoms with Crippen molar-refractivity contribution in [2.75, 3.05) is 18.0 Å². The Morgan fingerprint density at radius 1 is 0.926 bits per heavy atom. The topological polar surface area (TPSA) is 18.8 Å². The van der Waals surface area contributed by atoms with Gasteiger partial charge >= 0.3 is 0 Å². The number of hydrogen-bond acceptors (Lipinski definition) is 3. The highest BCUT2D eigenvalue weighted by atomic mass is 35.5. The molecule has 3 aromatic rings. The smallest absolute Gasteiger partial charge is 0.202 e. The van der Waals surface area contributed by atoms with Gasteiger partial charge in [-0.2, -0.15) is 0 Å². The van der Waals surface area contributed by atoms with Gasteiger partial charge in [-0.3, -0.25) is 4.99 Å². The standard InChI is InChI=1S/C23H20ClN3/c24-19-11-12-20-21(15-19)27(16-17-7-3-1-4-8-17)23-25-13-14-26(23)22(20)18-9-5-2-6-10-18/h1-12,15,22H,13-14,16H2. The van der Waals surface area contributed by atoms with Crippen LogP contribution >= 0.6 is 11.6 Å². The highest BCUT2D eigenvalue weighted by molar-refractivity contribution is 6.31. The number of halogens is 1. The number of benzene rings is 3. The number of anilines is 1. The molecular formula is C23H20ClN3. The van der Waals surface area contributed by atoms with Crippen LogP contribution in [0.2, 0.25) is 5.02 Å². The van der Waals surface area contributed by atoms with Crippen molar-refractivity contribution in [3.63, 3.8) is 0 Å². The Hall–Kier alpha value is -2.78. The molecule has 3 aromatic carbocycles. The van der Waals surface area contributed by atoms with Crippen molar-refractivity contribution >= 4 is 23.2 Å². The average Bonchev–Trinajstić information content (AvgIpc) is 3.19. The molecule has 1 unspecified atom stereocenters. The average molecular weight is 374 g/mol. The molecule has 3 nitrogen and oxygen atoms in total. The van der Waals surface area contributed by atoms with E-state index in [0.29, 0.717) is 0 Å². The van der Waals surface area contributed by atoms with Crippen LogP contribution in [0.5, 0.6) is 0 Å². The minimum Gasteiger partial charge on any atom is -0.329 e. The molecule has 0 aromatic heterocycles. The van der Waals surface area contributed by atoms with Gasteiger partial charge in [0.15, 0.2) is 0 Å². The number of aliphatic imine (C=N–C) groups is 1. The van der Waals surface area contributed by atoms with Crippen LogP contribution in [0.1, 0.15) is 22.7 Å². The van der Waals surface area contributed by atoms with E-state index in [9.17, 15) is 0 Å². The highest BCUT2D eigenvalue weighted by Gasteiger charge is 2.38. The maximum atomic E-state index is 6.40. The van der Waals surface area contributed by atoms with E-state index in [2.05, 4.69) is 82.6 Å². The molecule has 2 heterocycles. The Labute approximate surface area is 164 Å². The summed E-state index contributed by atoms with van der Waals surface area (Å²) in [7, 11) is 0. The second-order valence-electron chi connectivity index (χ2n) is 6.96. The summed E-state index contributed by atoms with van der Waals surface area (Å²) in [4.78, 5) is 9.60. The van der Waals surface area contributed by atoms with Crippen molar-refractivity contribution in [3.8, 4) is 0 Å². The van der Waals surface area contributed by atoms with Gasteiger partial charge in [-0.25, -0.2) is 0 Å². The lowest BCUT2D eigenvalue weighted by Crippen LogP contribution is -2.48. The van der Waals surface area contributed by atoms with Crippen molar-refractivity contribution in [3.05, 3.63) is 101 Å². The predicted molar refractivity (Wildman–Crippen MR) is 111 cm³/mol. The molecule has 0 radical (unpaired) electrons. The molecule has 4 heteroatoms. The summed E-state index contributed by atoms with van der Waals surface area (Å²) < 4.78 is 0. The first-order valence-corrected chi connectivity index (χ1v) is 9.66. The van der Waals surface area contributed by atoms with E-state index in [1.54, 1.807) is 0 Å². The maximum absolute atomic E-state index is 6.40. The SMILES string of the molecule is Clc1ccc2c(c1)N(Cc1ccccc1)C1=NCCN1C2c1ccccc1. The Bertz CT molecular complexity index is 985. The van der Waals surface area contributed by atoms with Crippen LogP contribution in [-0.4, -0.2) is 23.9 Å². The molecule has 0 aliphatic carbocycles. The summed E-state index contributed by atoms with van der Waals surface area (Å²) in [6, 6.07) is 27.6. The van der Waals surface area contributed by atoms with E-state index < -0.39 is 0 Å². The molecule has 0 amide bonds. The van der Waals surface area contributed by atoms with Gasteiger partial charge < -0.3 is 9.80 Å². The number of fused-ring (bicyclic) bond motifs is 2. The first-order valence-electron chi connectivity index (χ1n) is 9.28. The number of rotatable bonds is 3. The largest absolute Gasteiger partial charge is 0.329 e. The zero-order valence-electron chi connectivity index (χ0n) is 14.9. The summed E-state index contributed by atoms with van der Waals surface area (Å²) in [5.41, 5.74) is 4.98. The van der Waals surface area contributed by atoms with Crippen molar-refractivity contribution in [2.45, 2.75) is 12.6 Å². The van der Waals surface area contributed by atoms with E-state index >= 15 is 0 Å². The van der Waals surface area contributed by atoms with E-state index in [1.807, 2.05) is 6.07 Å². The Morgan fingerprint density at radius 3 is 2.44 bits per heavy atom. The fourth-order valence-corrected chi connectivity index (χ4v) is 4.27. The molecule has 27 heavy (non-hydrogen) atoms. The molecule has 134 valence electrons. The minimum absolute atomic E-state index is 0.173. The van der Waals surface area contributed by atoms with E-state index in [0.717, 1.165) is 36.3 Å². The molecule has 2 aliphatic rings. The van der Waals surface area contributed by atoms with Gasteiger partial charge in [-0.15, -0.1) is 0 Å². The van der Waals surface area contributed by atoms with Crippen molar-refractivity contribution in [2.24, 2.45) is 4.99 Å². The fourth-order valence-electron chi connectivity index (χ4n) is 4.11. The third-order valence-corrected chi connectivity index (χ3v) is 5.52. The quantitative estimate of drug-likeness (QED) is 0.634. The van der Waals surface area contributed by atoms with Crippen molar-refractivity contribution < 1.29 is 0 Å². The Kier molecular flexibility index (Phi) is 4.10. The van der Waals surface area contributed by atoms with Gasteiger partial charge in [-0.05, 0) is 23.3 Å². The van der Waals surface area contributed by atoms with Crippen LogP contribution in [0.4, 0.5) is 5.69 Å². The molecule has 0 fully saturated rings. The zero-order valence-corrected chi connectivity index (χ0v) is 15.7. The lowest BCUT2D eigenvalue weighted by molar-refractivity contribution is 0.373. The summed E-state index contributed by atoms with van der Waals surface area (Å²) >= 11 is 6.40. The monoisotopic (exact) mass is 373 g/mol. The van der Waals surface area contributed by atoms with Crippen LogP contribution < -0.4 is 4.90 Å². The van der Waals surface area contributed by atoms with Crippen LogP contribution in [-0.2, 0) is 6.54 Å². The van der Waals surface area contributed by atoms with E-state index in [1.165, 1.54) is 16.7 Å². The first kappa shape index (κ1) is 16.4. The van der Waals surface area contributed by atoms with Gasteiger partial charge in [0, 0.05) is 17.1 Å². The van der Waals surface area contributed by atoms with E-state index in [-0.39, 0.29) is 6.04 Å². The van der Waals surface area contributed by atoms with Gasteiger partial charge in [0.1, 0.15) is 0 Å². The Balaban J connectivity index is 1.66. The van der Waals surface area contributed by atoms with Gasteiger partial charge in [0.05, 0.1) is 24.8 Å². The van der Waals surface area contributed by atoms with Crippen LogP contribution in [0.3, 0.4) is 0 Å². The molecule has 1 atom stereocenters. The molecule has 0 spiro atoms. The molecule has 0 N–H and O–H groups in total. The number of hydrogen-bond donors (Lipinski definition) is 0. The molecule has 0 bridgehead atoms. The third-order valence-electron chi connectivity index (χ3n) is 5.28. The maximum Gasteiger partial charge on any atom is 0.202 e. The lowest BCUT2D eigenvalue weighted by atomic mass is 9.93. The van der Waals surface area contributed by atoms with Gasteiger partial charge in [0.2, 0.25) is 5.96 Å². The van der Waals surface area contributed by atoms with E-state index in [4.69, 9.17) is 16.6 Å². The molecular weight excluding hydrogens is 354 g/mol. The lowest BCUT2D eigenvalue weighted by Gasteiger charge is -2.43. The van der Waals surface area contributed by atoms with Gasteiger partial charge in [-0.1, -0.05) is 78.3 Å². The molecule has 0 saturated heterocycles. The zero-order chi connectivity index (χ0) is 18.2. The molecule has 5 rings (SSSR count). The predicted octanol–water partition coefficient (Wildman–Crippen LogP) is 5.12. The fraction of sp³-hybridized carbons (Fsp3) is 0.174. The van der Waals surface area contributed by atoms with Crippen LogP contribution in [0.25, 0.3) is 0 Å². The summed E-state index contributed by atoms with van der Waals surface area (Å²) in [6.45, 7) is 2.54. The van der Waals surface area contributed by atoms with Gasteiger partial charge in [0.25, 0.3) is 0 Å². The summed E-state index contributed by atoms with van der Waals surface area (Å²) in [5.74, 6) is 1.04. The second-order valence-corrected chi connectivity index (χ2v) is 7.40. The Morgan fingerprint density at radius 2 is 1.67 bits per heavy atom. The minimum atomic E-state index is 0.173. The third kappa shape index (κ3) is 2.88. The van der Waals surface area contributed by atoms with Crippen molar-refractivity contribution in [1.82, 2.24) is 4.90 Å².